The summed E-state index contributed by atoms with van der Waals surface area (Å²) >= 11 is 7.55. The van der Waals surface area contributed by atoms with E-state index in [1.807, 2.05) is 66.9 Å². The van der Waals surface area contributed by atoms with E-state index in [1.165, 1.54) is 11.8 Å². The Morgan fingerprint density at radius 3 is 2.72 bits per heavy atom. The third-order valence-electron chi connectivity index (χ3n) is 3.64. The molecule has 1 amide bonds. The highest BCUT2D eigenvalue weighted by atomic mass is 35.5. The van der Waals surface area contributed by atoms with Crippen LogP contribution in [0.15, 0.2) is 60.0 Å². The first-order valence-electron chi connectivity index (χ1n) is 7.73. The summed E-state index contributed by atoms with van der Waals surface area (Å²) < 4.78 is 1.82. The zero-order chi connectivity index (χ0) is 17.8. The van der Waals surface area contributed by atoms with Crippen LogP contribution in [-0.4, -0.2) is 25.9 Å². The van der Waals surface area contributed by atoms with E-state index in [9.17, 15) is 4.79 Å². The van der Waals surface area contributed by atoms with Gasteiger partial charge in [-0.2, -0.15) is 0 Å². The molecule has 0 aliphatic heterocycles. The molecule has 0 fully saturated rings. The molecule has 1 aromatic heterocycles. The minimum absolute atomic E-state index is 0.0901. The number of carbonyl (C=O) groups is 1. The number of aryl methyl sites for hydroxylation is 1. The van der Waals surface area contributed by atoms with Gasteiger partial charge >= 0.3 is 0 Å². The molecular formula is C18H17ClN4OS. The minimum Gasteiger partial charge on any atom is -0.325 e. The molecule has 0 saturated heterocycles. The summed E-state index contributed by atoms with van der Waals surface area (Å²) in [6.45, 7) is 3.79. The van der Waals surface area contributed by atoms with Gasteiger partial charge in [0, 0.05) is 10.7 Å². The van der Waals surface area contributed by atoms with Gasteiger partial charge in [0.15, 0.2) is 5.16 Å². The lowest BCUT2D eigenvalue weighted by Crippen LogP contribution is -2.22. The molecule has 1 unspecified atom stereocenters. The Morgan fingerprint density at radius 2 is 2.00 bits per heavy atom. The van der Waals surface area contributed by atoms with Crippen LogP contribution in [0.5, 0.6) is 0 Å². The standard InChI is InChI=1S/C18H17ClN4OS/c1-12-8-9-15(10-16(12)19)23-11-20-22-18(23)25-13(2)17(24)21-14-6-4-3-5-7-14/h3-11,13H,1-2H3,(H,21,24). The second-order valence-electron chi connectivity index (χ2n) is 5.53. The monoisotopic (exact) mass is 372 g/mol. The van der Waals surface area contributed by atoms with Gasteiger partial charge in [0.1, 0.15) is 6.33 Å². The molecule has 7 heteroatoms. The van der Waals surface area contributed by atoms with Crippen molar-refractivity contribution in [1.29, 1.82) is 0 Å². The Kier molecular flexibility index (Phi) is 5.40. The third-order valence-corrected chi connectivity index (χ3v) is 5.11. The zero-order valence-corrected chi connectivity index (χ0v) is 15.4. The summed E-state index contributed by atoms with van der Waals surface area (Å²) in [5.41, 5.74) is 2.63. The van der Waals surface area contributed by atoms with E-state index in [0.717, 1.165) is 16.9 Å². The lowest BCUT2D eigenvalue weighted by atomic mass is 10.2. The first-order valence-corrected chi connectivity index (χ1v) is 8.99. The Labute approximate surface area is 155 Å². The van der Waals surface area contributed by atoms with E-state index >= 15 is 0 Å². The van der Waals surface area contributed by atoms with Gasteiger partial charge in [0.05, 0.1) is 10.9 Å². The molecule has 2 aromatic carbocycles. The van der Waals surface area contributed by atoms with Gasteiger partial charge in [0.25, 0.3) is 0 Å². The Balaban J connectivity index is 1.74. The van der Waals surface area contributed by atoms with Crippen LogP contribution in [0.4, 0.5) is 5.69 Å². The molecule has 0 bridgehead atoms. The first kappa shape index (κ1) is 17.5. The fourth-order valence-electron chi connectivity index (χ4n) is 2.19. The summed E-state index contributed by atoms with van der Waals surface area (Å²) in [7, 11) is 0. The van der Waals surface area contributed by atoms with Crippen LogP contribution in [0.1, 0.15) is 12.5 Å². The van der Waals surface area contributed by atoms with Crippen LogP contribution in [0, 0.1) is 6.92 Å². The van der Waals surface area contributed by atoms with E-state index in [4.69, 9.17) is 11.6 Å². The zero-order valence-electron chi connectivity index (χ0n) is 13.8. The van der Waals surface area contributed by atoms with Crippen LogP contribution < -0.4 is 5.32 Å². The molecule has 0 radical (unpaired) electrons. The fraction of sp³-hybridized carbons (Fsp3) is 0.167. The van der Waals surface area contributed by atoms with Gasteiger partial charge in [-0.3, -0.25) is 9.36 Å². The molecule has 3 aromatic rings. The average Bonchev–Trinajstić information content (AvgIpc) is 3.06. The Hall–Kier alpha value is -2.31. The smallest absolute Gasteiger partial charge is 0.237 e. The van der Waals surface area contributed by atoms with Crippen molar-refractivity contribution in [2.45, 2.75) is 24.3 Å². The predicted molar refractivity (Wildman–Crippen MR) is 101 cm³/mol. The number of anilines is 1. The first-order chi connectivity index (χ1) is 12.0. The van der Waals surface area contributed by atoms with E-state index in [0.29, 0.717) is 10.2 Å². The van der Waals surface area contributed by atoms with Crippen molar-refractivity contribution in [1.82, 2.24) is 14.8 Å². The molecule has 1 heterocycles. The summed E-state index contributed by atoms with van der Waals surface area (Å²) in [5.74, 6) is -0.0901. The largest absolute Gasteiger partial charge is 0.325 e. The maximum absolute atomic E-state index is 12.4. The summed E-state index contributed by atoms with van der Waals surface area (Å²) in [6, 6.07) is 15.1. The van der Waals surface area contributed by atoms with Crippen LogP contribution in [0.3, 0.4) is 0 Å². The highest BCUT2D eigenvalue weighted by Gasteiger charge is 2.18. The molecule has 0 aliphatic carbocycles. The van der Waals surface area contributed by atoms with Crippen molar-refractivity contribution < 1.29 is 4.79 Å². The number of hydrogen-bond donors (Lipinski definition) is 1. The van der Waals surface area contributed by atoms with Crippen LogP contribution in [-0.2, 0) is 4.79 Å². The predicted octanol–water partition coefficient (Wildman–Crippen LogP) is 4.35. The Morgan fingerprint density at radius 1 is 1.24 bits per heavy atom. The topological polar surface area (TPSA) is 59.8 Å². The molecule has 0 aliphatic rings. The van der Waals surface area contributed by atoms with Gasteiger partial charge in [-0.1, -0.05) is 47.6 Å². The van der Waals surface area contributed by atoms with E-state index < -0.39 is 0 Å². The molecule has 128 valence electrons. The molecule has 5 nitrogen and oxygen atoms in total. The molecule has 3 rings (SSSR count). The second kappa shape index (κ2) is 7.72. The third kappa shape index (κ3) is 4.21. The van der Waals surface area contributed by atoms with Crippen LogP contribution >= 0.6 is 23.4 Å². The number of nitrogens with one attached hydrogen (secondary N) is 1. The van der Waals surface area contributed by atoms with E-state index in [1.54, 1.807) is 6.33 Å². The SMILES string of the molecule is Cc1ccc(-n2cnnc2SC(C)C(=O)Nc2ccccc2)cc1Cl. The van der Waals surface area contributed by atoms with Gasteiger partial charge in [-0.25, -0.2) is 0 Å². The number of benzene rings is 2. The minimum atomic E-state index is -0.330. The summed E-state index contributed by atoms with van der Waals surface area (Å²) in [4.78, 5) is 12.4. The van der Waals surface area contributed by atoms with E-state index in [2.05, 4.69) is 15.5 Å². The number of carbonyl (C=O) groups excluding carboxylic acids is 1. The molecule has 1 atom stereocenters. The average molecular weight is 373 g/mol. The number of hydrogen-bond acceptors (Lipinski definition) is 4. The summed E-state index contributed by atoms with van der Waals surface area (Å²) in [6.07, 6.45) is 1.62. The normalized spacial score (nSPS) is 12.0. The highest BCUT2D eigenvalue weighted by molar-refractivity contribution is 8.00. The molecule has 25 heavy (non-hydrogen) atoms. The number of thioether (sulfide) groups is 1. The van der Waals surface area contributed by atoms with Crippen LogP contribution in [0.25, 0.3) is 5.69 Å². The second-order valence-corrected chi connectivity index (χ2v) is 7.25. The Bertz CT molecular complexity index is 882. The molecular weight excluding hydrogens is 356 g/mol. The van der Waals surface area contributed by atoms with Gasteiger partial charge < -0.3 is 5.32 Å². The van der Waals surface area contributed by atoms with Crippen molar-refractivity contribution in [3.8, 4) is 5.69 Å². The summed E-state index contributed by atoms with van der Waals surface area (Å²) in [5, 5.41) is 12.0. The number of halogens is 1. The van der Waals surface area contributed by atoms with Crippen LogP contribution in [0.2, 0.25) is 5.02 Å². The highest BCUT2D eigenvalue weighted by Crippen LogP contribution is 2.26. The van der Waals surface area contributed by atoms with E-state index in [-0.39, 0.29) is 11.2 Å². The molecule has 0 spiro atoms. The van der Waals surface area contributed by atoms with Gasteiger partial charge in [-0.15, -0.1) is 10.2 Å². The number of nitrogens with zero attached hydrogens (tertiary/aromatic N) is 3. The van der Waals surface area contributed by atoms with Crippen molar-refractivity contribution in [2.75, 3.05) is 5.32 Å². The molecule has 0 saturated carbocycles. The maximum Gasteiger partial charge on any atom is 0.237 e. The van der Waals surface area contributed by atoms with Gasteiger partial charge in [0.2, 0.25) is 5.91 Å². The van der Waals surface area contributed by atoms with Gasteiger partial charge in [-0.05, 0) is 43.7 Å². The lowest BCUT2D eigenvalue weighted by Gasteiger charge is -2.13. The number of amides is 1. The fourth-order valence-corrected chi connectivity index (χ4v) is 3.21. The maximum atomic E-state index is 12.4. The number of aromatic nitrogens is 3. The van der Waals surface area contributed by atoms with Crippen molar-refractivity contribution in [2.24, 2.45) is 0 Å². The molecule has 1 N–H and O–H groups in total. The number of para-hydroxylation sites is 1. The van der Waals surface area contributed by atoms with Crippen molar-refractivity contribution >= 4 is 35.0 Å². The van der Waals surface area contributed by atoms with Crippen molar-refractivity contribution in [3.63, 3.8) is 0 Å². The lowest BCUT2D eigenvalue weighted by molar-refractivity contribution is -0.115. The quantitative estimate of drug-likeness (QED) is 0.676. The number of rotatable bonds is 5. The van der Waals surface area contributed by atoms with Crippen molar-refractivity contribution in [3.05, 3.63) is 65.4 Å².